The summed E-state index contributed by atoms with van der Waals surface area (Å²) in [6.45, 7) is 11.9. The van der Waals surface area contributed by atoms with Gasteiger partial charge < -0.3 is 14.8 Å². The van der Waals surface area contributed by atoms with Gasteiger partial charge in [0.05, 0.1) is 44.5 Å². The number of imide groups is 1. The third-order valence-electron chi connectivity index (χ3n) is 8.64. The molecule has 3 fully saturated rings. The Bertz CT molecular complexity index is 1030. The van der Waals surface area contributed by atoms with E-state index in [1.165, 1.54) is 0 Å². The summed E-state index contributed by atoms with van der Waals surface area (Å²) in [5.74, 6) is 1.04. The van der Waals surface area contributed by atoms with Crippen LogP contribution in [0.3, 0.4) is 0 Å². The Kier molecular flexibility index (Phi) is 5.19. The van der Waals surface area contributed by atoms with Crippen LogP contribution in [-0.4, -0.2) is 75.9 Å². The minimum Gasteiger partial charge on any atom is -0.343 e. The lowest BCUT2D eigenvalue weighted by atomic mass is 9.62. The number of carbonyl (C=O) groups excluding carboxylic acids is 2. The molecule has 0 spiro atoms. The van der Waals surface area contributed by atoms with Crippen LogP contribution in [0.2, 0.25) is 0 Å². The van der Waals surface area contributed by atoms with Gasteiger partial charge >= 0.3 is 0 Å². The zero-order valence-electron chi connectivity index (χ0n) is 19.4. The summed E-state index contributed by atoms with van der Waals surface area (Å²) in [4.78, 5) is 47.6. The van der Waals surface area contributed by atoms with Crippen LogP contribution in [0.25, 0.3) is 11.2 Å². The highest BCUT2D eigenvalue weighted by Crippen LogP contribution is 2.60. The van der Waals surface area contributed by atoms with Gasteiger partial charge in [-0.25, -0.2) is 15.0 Å². The van der Waals surface area contributed by atoms with Gasteiger partial charge in [-0.2, -0.15) is 0 Å². The van der Waals surface area contributed by atoms with E-state index >= 15 is 0 Å². The molecule has 2 amide bonds. The molecule has 2 atom stereocenters. The van der Waals surface area contributed by atoms with E-state index in [0.717, 1.165) is 69.7 Å². The Labute approximate surface area is 188 Å². The van der Waals surface area contributed by atoms with E-state index in [4.69, 9.17) is 0 Å². The van der Waals surface area contributed by atoms with Crippen LogP contribution < -0.4 is 9.80 Å². The fourth-order valence-electron chi connectivity index (χ4n) is 6.03. The Morgan fingerprint density at radius 1 is 1.12 bits per heavy atom. The number of nitrogens with one attached hydrogen (secondary N) is 2. The van der Waals surface area contributed by atoms with Crippen LogP contribution in [-0.2, 0) is 9.59 Å². The number of hydrogen-bond acceptors (Lipinski definition) is 6. The number of rotatable bonds is 6. The molecule has 32 heavy (non-hydrogen) atoms. The number of aromatic amines is 1. The van der Waals surface area contributed by atoms with Crippen molar-refractivity contribution < 1.29 is 14.5 Å². The van der Waals surface area contributed by atoms with Gasteiger partial charge in [-0.3, -0.25) is 14.5 Å². The first kappa shape index (κ1) is 21.3. The lowest BCUT2D eigenvalue weighted by molar-refractivity contribution is -0.900. The molecule has 2 bridgehead atoms. The van der Waals surface area contributed by atoms with Crippen LogP contribution in [0.4, 0.5) is 5.82 Å². The van der Waals surface area contributed by atoms with Gasteiger partial charge in [-0.1, -0.05) is 20.8 Å². The summed E-state index contributed by atoms with van der Waals surface area (Å²) < 4.78 is 0. The number of unbranched alkanes of at least 4 members (excludes halogenated alkanes) is 1. The molecule has 2 saturated heterocycles. The average Bonchev–Trinajstić information content (AvgIpc) is 3.33. The van der Waals surface area contributed by atoms with E-state index < -0.39 is 5.41 Å². The largest absolute Gasteiger partial charge is 0.343 e. The number of piperidine rings is 1. The molecule has 1 aliphatic carbocycles. The number of piperazine rings is 1. The van der Waals surface area contributed by atoms with Gasteiger partial charge in [0.2, 0.25) is 11.8 Å². The number of aromatic nitrogens is 4. The molecular weight excluding hydrogens is 406 g/mol. The summed E-state index contributed by atoms with van der Waals surface area (Å²) in [7, 11) is 0. The van der Waals surface area contributed by atoms with Crippen LogP contribution in [0.5, 0.6) is 0 Å². The lowest BCUT2D eigenvalue weighted by Crippen LogP contribution is -3.14. The number of carbonyl (C=O) groups is 2. The first-order chi connectivity index (χ1) is 15.3. The Balaban J connectivity index is 1.10. The van der Waals surface area contributed by atoms with Crippen LogP contribution in [0, 0.1) is 16.7 Å². The molecule has 2 aliphatic heterocycles. The van der Waals surface area contributed by atoms with Gasteiger partial charge in [-0.15, -0.1) is 0 Å². The van der Waals surface area contributed by atoms with Crippen molar-refractivity contribution in [2.24, 2.45) is 16.7 Å². The summed E-state index contributed by atoms with van der Waals surface area (Å²) in [5, 5.41) is 0. The first-order valence-corrected chi connectivity index (χ1v) is 11.9. The third kappa shape index (κ3) is 3.20. The molecule has 4 heterocycles. The second kappa shape index (κ2) is 7.79. The zero-order chi connectivity index (χ0) is 22.5. The molecule has 5 rings (SSSR count). The van der Waals surface area contributed by atoms with Crippen molar-refractivity contribution in [1.82, 2.24) is 24.8 Å². The minimum atomic E-state index is -0.395. The first-order valence-electron chi connectivity index (χ1n) is 11.9. The molecule has 0 unspecified atom stereocenters. The zero-order valence-corrected chi connectivity index (χ0v) is 19.4. The predicted octanol–water partition coefficient (Wildman–Crippen LogP) is 0.649. The van der Waals surface area contributed by atoms with Crippen LogP contribution in [0.15, 0.2) is 12.7 Å². The van der Waals surface area contributed by atoms with E-state index in [1.54, 1.807) is 22.5 Å². The Morgan fingerprint density at radius 3 is 2.69 bits per heavy atom. The van der Waals surface area contributed by atoms with Gasteiger partial charge in [0, 0.05) is 12.5 Å². The van der Waals surface area contributed by atoms with Gasteiger partial charge in [0.15, 0.2) is 11.5 Å². The molecule has 172 valence electrons. The fraction of sp³-hybridized carbons (Fsp3) is 0.696. The van der Waals surface area contributed by atoms with Crippen molar-refractivity contribution in [3.63, 3.8) is 0 Å². The van der Waals surface area contributed by atoms with Crippen LogP contribution in [0.1, 0.15) is 46.5 Å². The van der Waals surface area contributed by atoms with Crippen molar-refractivity contribution in [2.75, 3.05) is 44.2 Å². The number of hydrogen-bond donors (Lipinski definition) is 2. The van der Waals surface area contributed by atoms with Gasteiger partial charge in [0.1, 0.15) is 11.8 Å². The molecule has 2 aromatic rings. The van der Waals surface area contributed by atoms with Crippen LogP contribution >= 0.6 is 0 Å². The smallest absolute Gasteiger partial charge is 0.235 e. The highest BCUT2D eigenvalue weighted by Gasteiger charge is 2.64. The molecular formula is C23H34N7O2+. The maximum absolute atomic E-state index is 13.1. The second-order valence-corrected chi connectivity index (χ2v) is 10.4. The standard InChI is InChI=1S/C23H33N7O2/c1-22(2)16-6-7-23(22,3)21(32)30(20(16)31)9-5-4-8-28-10-12-29(13-11-28)19-17-18(25-14-24-17)26-15-27-19/h14-16H,4-13H2,1-3H3,(H,24,25,26,27)/p+1/t16-,23+/m0/s1. The Hall–Kier alpha value is -2.55. The SMILES string of the molecule is CC1(C)[C@H]2CC[C@]1(C)C(=O)N(CCCC[NH+]1CCN(c3ncnc4nc[nH]c34)CC1)C2=O. The predicted molar refractivity (Wildman–Crippen MR) is 120 cm³/mol. The number of anilines is 1. The number of nitrogens with zero attached hydrogens (tertiary/aromatic N) is 5. The van der Waals surface area contributed by atoms with E-state index in [1.807, 2.05) is 0 Å². The number of fused-ring (bicyclic) bond motifs is 3. The highest BCUT2D eigenvalue weighted by atomic mass is 16.2. The van der Waals surface area contributed by atoms with E-state index in [-0.39, 0.29) is 23.1 Å². The molecule has 9 heteroatoms. The Morgan fingerprint density at radius 2 is 1.91 bits per heavy atom. The molecule has 2 aromatic heterocycles. The van der Waals surface area contributed by atoms with Gasteiger partial charge in [-0.05, 0) is 31.1 Å². The highest BCUT2D eigenvalue weighted by molar-refractivity contribution is 6.03. The summed E-state index contributed by atoms with van der Waals surface area (Å²) in [6.07, 6.45) is 6.82. The summed E-state index contributed by atoms with van der Waals surface area (Å²) >= 11 is 0. The quantitative estimate of drug-likeness (QED) is 0.505. The monoisotopic (exact) mass is 440 g/mol. The van der Waals surface area contributed by atoms with Crippen molar-refractivity contribution in [3.05, 3.63) is 12.7 Å². The topological polar surface area (TPSA) is 99.5 Å². The maximum Gasteiger partial charge on any atom is 0.235 e. The third-order valence-corrected chi connectivity index (χ3v) is 8.64. The summed E-state index contributed by atoms with van der Waals surface area (Å²) in [6, 6.07) is 0. The van der Waals surface area contributed by atoms with Crippen molar-refractivity contribution in [3.8, 4) is 0 Å². The lowest BCUT2D eigenvalue weighted by Gasteiger charge is -2.47. The van der Waals surface area contributed by atoms with Crippen molar-refractivity contribution in [1.29, 1.82) is 0 Å². The number of likely N-dealkylation sites (tertiary alicyclic amines) is 1. The molecule has 3 aliphatic rings. The molecule has 0 radical (unpaired) electrons. The molecule has 1 saturated carbocycles. The van der Waals surface area contributed by atoms with E-state index in [2.05, 4.69) is 45.6 Å². The number of amides is 2. The van der Waals surface area contributed by atoms with E-state index in [9.17, 15) is 9.59 Å². The maximum atomic E-state index is 13.1. The second-order valence-electron chi connectivity index (χ2n) is 10.4. The molecule has 2 N–H and O–H groups in total. The number of H-pyrrole nitrogens is 1. The van der Waals surface area contributed by atoms with Crippen molar-refractivity contribution in [2.45, 2.75) is 46.5 Å². The normalized spacial score (nSPS) is 28.2. The van der Waals surface area contributed by atoms with E-state index in [0.29, 0.717) is 12.2 Å². The number of imidazole rings is 1. The fourth-order valence-corrected chi connectivity index (χ4v) is 6.03. The van der Waals surface area contributed by atoms with Gasteiger partial charge in [0.25, 0.3) is 0 Å². The molecule has 9 nitrogen and oxygen atoms in total. The molecule has 0 aromatic carbocycles. The minimum absolute atomic E-state index is 0.00737. The average molecular weight is 441 g/mol. The summed E-state index contributed by atoms with van der Waals surface area (Å²) in [5.41, 5.74) is 0.983. The van der Waals surface area contributed by atoms with Crippen molar-refractivity contribution >= 4 is 28.8 Å². The number of quaternary nitrogens is 1.